The molecule has 4 heteroatoms. The number of hydrogen-bond acceptors (Lipinski definition) is 2. The molecule has 0 bridgehead atoms. The Morgan fingerprint density at radius 1 is 1.10 bits per heavy atom. The first-order valence-electron chi connectivity index (χ1n) is 8.22. The molecule has 0 aromatic heterocycles. The highest BCUT2D eigenvalue weighted by Crippen LogP contribution is 2.33. The molecule has 0 aromatic carbocycles. The lowest BCUT2D eigenvalue weighted by atomic mass is 9.79. The van der Waals surface area contributed by atoms with Crippen LogP contribution in [0.5, 0.6) is 0 Å². The predicted molar refractivity (Wildman–Crippen MR) is 79.2 cm³/mol. The Morgan fingerprint density at radius 2 is 1.75 bits per heavy atom. The lowest BCUT2D eigenvalue weighted by molar-refractivity contribution is -0.140. The third-order valence-corrected chi connectivity index (χ3v) is 4.94. The Balaban J connectivity index is 1.73. The van der Waals surface area contributed by atoms with Gasteiger partial charge in [-0.25, -0.2) is 0 Å². The Hall–Kier alpha value is -1.06. The monoisotopic (exact) mass is 280 g/mol. The molecule has 1 saturated carbocycles. The molecule has 114 valence electrons. The summed E-state index contributed by atoms with van der Waals surface area (Å²) in [5, 5.41) is 0. The molecule has 0 spiro atoms. The molecule has 0 aromatic rings. The summed E-state index contributed by atoms with van der Waals surface area (Å²) in [5.41, 5.74) is 0. The lowest BCUT2D eigenvalue weighted by Crippen LogP contribution is -2.50. The Kier molecular flexibility index (Phi) is 5.86. The molecule has 0 N–H and O–H groups in total. The number of amides is 2. The first kappa shape index (κ1) is 15.3. The van der Waals surface area contributed by atoms with E-state index in [1.54, 1.807) is 4.90 Å². The van der Waals surface area contributed by atoms with Crippen molar-refractivity contribution in [2.75, 3.05) is 26.2 Å². The highest BCUT2D eigenvalue weighted by Gasteiger charge is 2.30. The molecule has 0 radical (unpaired) electrons. The van der Waals surface area contributed by atoms with Gasteiger partial charge in [0.05, 0.1) is 0 Å². The molecule has 1 saturated heterocycles. The van der Waals surface area contributed by atoms with E-state index in [0.29, 0.717) is 32.1 Å². The van der Waals surface area contributed by atoms with Crippen LogP contribution in [0.3, 0.4) is 0 Å². The number of unbranched alkanes of at least 4 members (excludes halogenated alkanes) is 1. The van der Waals surface area contributed by atoms with E-state index in [0.717, 1.165) is 25.2 Å². The molecule has 2 rings (SSSR count). The number of carbonyl (C=O) groups is 2. The van der Waals surface area contributed by atoms with E-state index in [2.05, 4.69) is 6.92 Å². The summed E-state index contributed by atoms with van der Waals surface area (Å²) < 4.78 is 0. The van der Waals surface area contributed by atoms with Crippen molar-refractivity contribution in [1.29, 1.82) is 0 Å². The van der Waals surface area contributed by atoms with Gasteiger partial charge in [0.2, 0.25) is 12.3 Å². The number of hydrogen-bond donors (Lipinski definition) is 0. The molecule has 0 atom stereocenters. The van der Waals surface area contributed by atoms with Crippen LogP contribution in [0, 0.1) is 11.8 Å². The van der Waals surface area contributed by atoms with Crippen molar-refractivity contribution in [2.24, 2.45) is 11.8 Å². The first-order chi connectivity index (χ1) is 9.74. The van der Waals surface area contributed by atoms with Gasteiger partial charge in [-0.1, -0.05) is 26.2 Å². The first-order valence-corrected chi connectivity index (χ1v) is 8.22. The molecule has 2 aliphatic rings. The smallest absolute Gasteiger partial charge is 0.225 e. The summed E-state index contributed by atoms with van der Waals surface area (Å²) in [6, 6.07) is 0. The third kappa shape index (κ3) is 3.97. The number of carbonyl (C=O) groups excluding carboxylic acids is 2. The van der Waals surface area contributed by atoms with Gasteiger partial charge in [0.1, 0.15) is 0 Å². The van der Waals surface area contributed by atoms with Crippen molar-refractivity contribution in [2.45, 2.75) is 51.9 Å². The normalized spacial score (nSPS) is 27.4. The van der Waals surface area contributed by atoms with Gasteiger partial charge in [0.15, 0.2) is 0 Å². The molecule has 2 amide bonds. The van der Waals surface area contributed by atoms with Crippen molar-refractivity contribution in [3.63, 3.8) is 0 Å². The van der Waals surface area contributed by atoms with Gasteiger partial charge in [0.25, 0.3) is 0 Å². The average Bonchev–Trinajstić information content (AvgIpc) is 2.53. The van der Waals surface area contributed by atoms with Crippen LogP contribution in [-0.4, -0.2) is 48.3 Å². The largest absolute Gasteiger partial charge is 0.342 e. The number of piperazine rings is 1. The molecule has 1 heterocycles. The average molecular weight is 280 g/mol. The minimum atomic E-state index is 0.246. The summed E-state index contributed by atoms with van der Waals surface area (Å²) in [7, 11) is 0. The second kappa shape index (κ2) is 7.65. The van der Waals surface area contributed by atoms with Crippen LogP contribution < -0.4 is 0 Å². The summed E-state index contributed by atoms with van der Waals surface area (Å²) in [6.07, 6.45) is 9.44. The van der Waals surface area contributed by atoms with E-state index in [1.165, 1.54) is 32.1 Å². The summed E-state index contributed by atoms with van der Waals surface area (Å²) in [4.78, 5) is 26.9. The zero-order valence-corrected chi connectivity index (χ0v) is 12.7. The third-order valence-electron chi connectivity index (χ3n) is 4.94. The fraction of sp³-hybridized carbons (Fsp3) is 0.875. The van der Waals surface area contributed by atoms with Crippen LogP contribution in [0.1, 0.15) is 51.9 Å². The predicted octanol–water partition coefficient (Wildman–Crippen LogP) is 2.28. The molecular weight excluding hydrogens is 252 g/mol. The minimum Gasteiger partial charge on any atom is -0.342 e. The van der Waals surface area contributed by atoms with E-state index < -0.39 is 0 Å². The van der Waals surface area contributed by atoms with Crippen molar-refractivity contribution in [1.82, 2.24) is 9.80 Å². The molecule has 1 aliphatic heterocycles. The maximum absolute atomic E-state index is 12.5. The van der Waals surface area contributed by atoms with Gasteiger partial charge in [0, 0.05) is 32.1 Å². The van der Waals surface area contributed by atoms with Crippen LogP contribution in [0.15, 0.2) is 0 Å². The molecule has 20 heavy (non-hydrogen) atoms. The SMILES string of the molecule is CCCCC1CCC(C(=O)N2CCN(C=O)CC2)CC1. The van der Waals surface area contributed by atoms with Crippen LogP contribution in [0.2, 0.25) is 0 Å². The maximum Gasteiger partial charge on any atom is 0.225 e. The zero-order chi connectivity index (χ0) is 14.4. The van der Waals surface area contributed by atoms with E-state index >= 15 is 0 Å². The van der Waals surface area contributed by atoms with Crippen LogP contribution in [-0.2, 0) is 9.59 Å². The van der Waals surface area contributed by atoms with E-state index in [-0.39, 0.29) is 5.92 Å². The topological polar surface area (TPSA) is 40.6 Å². The fourth-order valence-corrected chi connectivity index (χ4v) is 3.50. The second-order valence-electron chi connectivity index (χ2n) is 6.33. The van der Waals surface area contributed by atoms with Crippen molar-refractivity contribution >= 4 is 12.3 Å². The van der Waals surface area contributed by atoms with Gasteiger partial charge >= 0.3 is 0 Å². The summed E-state index contributed by atoms with van der Waals surface area (Å²) in [6.45, 7) is 5.07. The van der Waals surface area contributed by atoms with Gasteiger partial charge in [-0.2, -0.15) is 0 Å². The standard InChI is InChI=1S/C16H28N2O2/c1-2-3-4-14-5-7-15(8-6-14)16(20)18-11-9-17(13-19)10-12-18/h13-15H,2-12H2,1H3. The van der Waals surface area contributed by atoms with Crippen molar-refractivity contribution < 1.29 is 9.59 Å². The fourth-order valence-electron chi connectivity index (χ4n) is 3.50. The Morgan fingerprint density at radius 3 is 2.30 bits per heavy atom. The molecule has 4 nitrogen and oxygen atoms in total. The van der Waals surface area contributed by atoms with E-state index in [1.807, 2.05) is 4.90 Å². The molecular formula is C16H28N2O2. The van der Waals surface area contributed by atoms with Gasteiger partial charge in [-0.05, 0) is 31.6 Å². The Labute approximate surface area is 122 Å². The highest BCUT2D eigenvalue weighted by atomic mass is 16.2. The highest BCUT2D eigenvalue weighted by molar-refractivity contribution is 5.79. The van der Waals surface area contributed by atoms with Gasteiger partial charge in [-0.15, -0.1) is 0 Å². The van der Waals surface area contributed by atoms with Crippen LogP contribution in [0.25, 0.3) is 0 Å². The maximum atomic E-state index is 12.5. The van der Waals surface area contributed by atoms with Gasteiger partial charge < -0.3 is 9.80 Å². The zero-order valence-electron chi connectivity index (χ0n) is 12.7. The molecule has 0 unspecified atom stereocenters. The number of rotatable bonds is 5. The van der Waals surface area contributed by atoms with Crippen molar-refractivity contribution in [3.8, 4) is 0 Å². The second-order valence-corrected chi connectivity index (χ2v) is 6.33. The van der Waals surface area contributed by atoms with Crippen LogP contribution in [0.4, 0.5) is 0 Å². The lowest BCUT2D eigenvalue weighted by Gasteiger charge is -2.36. The summed E-state index contributed by atoms with van der Waals surface area (Å²) in [5.74, 6) is 1.44. The molecule has 1 aliphatic carbocycles. The number of nitrogens with zero attached hydrogens (tertiary/aromatic N) is 2. The molecule has 2 fully saturated rings. The summed E-state index contributed by atoms with van der Waals surface area (Å²) >= 11 is 0. The van der Waals surface area contributed by atoms with Gasteiger partial charge in [-0.3, -0.25) is 9.59 Å². The van der Waals surface area contributed by atoms with E-state index in [9.17, 15) is 9.59 Å². The van der Waals surface area contributed by atoms with E-state index in [4.69, 9.17) is 0 Å². The van der Waals surface area contributed by atoms with Crippen LogP contribution >= 0.6 is 0 Å². The van der Waals surface area contributed by atoms with Crippen molar-refractivity contribution in [3.05, 3.63) is 0 Å². The quantitative estimate of drug-likeness (QED) is 0.725. The minimum absolute atomic E-state index is 0.246. The Bertz CT molecular complexity index is 316.